The molecule has 1 amide bonds. The van der Waals surface area contributed by atoms with E-state index in [4.69, 9.17) is 0 Å². The van der Waals surface area contributed by atoms with Crippen LogP contribution in [0.3, 0.4) is 0 Å². The van der Waals surface area contributed by atoms with E-state index in [1.54, 1.807) is 24.3 Å². The molecule has 0 saturated heterocycles. The molecule has 1 saturated carbocycles. The lowest BCUT2D eigenvalue weighted by atomic mass is 10.1. The van der Waals surface area contributed by atoms with Crippen LogP contribution in [0.1, 0.15) is 31.9 Å². The Hall–Kier alpha value is -1.36. The largest absolute Gasteiger partial charge is 0.349 e. The molecule has 5 heteroatoms. The molecule has 0 aliphatic heterocycles. The molecule has 0 bridgehead atoms. The van der Waals surface area contributed by atoms with Gasteiger partial charge in [0.15, 0.2) is 9.84 Å². The lowest BCUT2D eigenvalue weighted by Gasteiger charge is -2.14. The first-order chi connectivity index (χ1) is 8.79. The summed E-state index contributed by atoms with van der Waals surface area (Å²) in [4.78, 5) is 12.1. The van der Waals surface area contributed by atoms with E-state index in [2.05, 4.69) is 12.2 Å². The molecule has 19 heavy (non-hydrogen) atoms. The van der Waals surface area contributed by atoms with Crippen molar-refractivity contribution in [1.82, 2.24) is 5.32 Å². The van der Waals surface area contributed by atoms with E-state index >= 15 is 0 Å². The van der Waals surface area contributed by atoms with Gasteiger partial charge in [0.05, 0.1) is 10.9 Å². The fourth-order valence-electron chi connectivity index (χ4n) is 2.09. The third kappa shape index (κ3) is 3.35. The molecule has 104 valence electrons. The zero-order valence-electron chi connectivity index (χ0n) is 11.4. The minimum atomic E-state index is -3.17. The van der Waals surface area contributed by atoms with E-state index < -0.39 is 9.84 Å². The minimum absolute atomic E-state index is 0.0900. The summed E-state index contributed by atoms with van der Waals surface area (Å²) in [6, 6.07) is 6.55. The maximum Gasteiger partial charge on any atom is 0.223 e. The van der Waals surface area contributed by atoms with Crippen molar-refractivity contribution in [1.29, 1.82) is 0 Å². The average Bonchev–Trinajstić information content (AvgIpc) is 3.05. The monoisotopic (exact) mass is 281 g/mol. The van der Waals surface area contributed by atoms with Gasteiger partial charge in [-0.05, 0) is 37.0 Å². The van der Waals surface area contributed by atoms with Gasteiger partial charge in [-0.2, -0.15) is 0 Å². The fourth-order valence-corrected chi connectivity index (χ4v) is 2.73. The molecule has 1 aromatic rings. The minimum Gasteiger partial charge on any atom is -0.349 e. The van der Waals surface area contributed by atoms with Gasteiger partial charge in [0.2, 0.25) is 5.91 Å². The number of sulfone groups is 1. The first-order valence-corrected chi connectivity index (χ1v) is 8.28. The molecule has 0 radical (unpaired) electrons. The van der Waals surface area contributed by atoms with Crippen molar-refractivity contribution >= 4 is 15.7 Å². The van der Waals surface area contributed by atoms with Crippen LogP contribution in [0.4, 0.5) is 0 Å². The smallest absolute Gasteiger partial charge is 0.223 e. The van der Waals surface area contributed by atoms with Crippen molar-refractivity contribution in [2.45, 2.75) is 31.2 Å². The highest BCUT2D eigenvalue weighted by molar-refractivity contribution is 7.90. The molecule has 3 atom stereocenters. The number of carbonyl (C=O) groups is 1. The van der Waals surface area contributed by atoms with Gasteiger partial charge in [-0.15, -0.1) is 0 Å². The Morgan fingerprint density at radius 1 is 1.32 bits per heavy atom. The van der Waals surface area contributed by atoms with Crippen molar-refractivity contribution in [2.24, 2.45) is 11.8 Å². The second kappa shape index (κ2) is 4.96. The molecule has 1 aromatic carbocycles. The SMILES string of the molecule is CC(NC(=O)C1CC1C)c1ccc(S(C)(=O)=O)cc1. The van der Waals surface area contributed by atoms with Gasteiger partial charge >= 0.3 is 0 Å². The molecular formula is C14H19NO3S. The second-order valence-electron chi connectivity index (χ2n) is 5.39. The van der Waals surface area contributed by atoms with Crippen molar-refractivity contribution in [2.75, 3.05) is 6.26 Å². The van der Waals surface area contributed by atoms with Crippen LogP contribution in [-0.2, 0) is 14.6 Å². The third-order valence-corrected chi connectivity index (χ3v) is 4.74. The van der Waals surface area contributed by atoms with Crippen LogP contribution in [0.15, 0.2) is 29.2 Å². The molecule has 0 spiro atoms. The molecule has 1 aliphatic carbocycles. The zero-order valence-corrected chi connectivity index (χ0v) is 12.2. The highest BCUT2D eigenvalue weighted by atomic mass is 32.2. The van der Waals surface area contributed by atoms with E-state index in [9.17, 15) is 13.2 Å². The van der Waals surface area contributed by atoms with Crippen LogP contribution in [-0.4, -0.2) is 20.6 Å². The van der Waals surface area contributed by atoms with Crippen LogP contribution in [0.25, 0.3) is 0 Å². The van der Waals surface area contributed by atoms with Gasteiger partial charge in [0.25, 0.3) is 0 Å². The molecule has 1 N–H and O–H groups in total. The first-order valence-electron chi connectivity index (χ1n) is 6.39. The van der Waals surface area contributed by atoms with E-state index in [0.29, 0.717) is 10.8 Å². The van der Waals surface area contributed by atoms with Gasteiger partial charge in [0.1, 0.15) is 0 Å². The summed E-state index contributed by atoms with van der Waals surface area (Å²) in [5.74, 6) is 0.727. The maximum absolute atomic E-state index is 11.8. The summed E-state index contributed by atoms with van der Waals surface area (Å²) in [7, 11) is -3.17. The Kier molecular flexibility index (Phi) is 3.67. The van der Waals surface area contributed by atoms with Crippen molar-refractivity contribution < 1.29 is 13.2 Å². The van der Waals surface area contributed by atoms with Crippen LogP contribution >= 0.6 is 0 Å². The van der Waals surface area contributed by atoms with Crippen molar-refractivity contribution in [3.8, 4) is 0 Å². The van der Waals surface area contributed by atoms with Crippen LogP contribution in [0, 0.1) is 11.8 Å². The number of hydrogen-bond donors (Lipinski definition) is 1. The molecule has 1 fully saturated rings. The van der Waals surface area contributed by atoms with Gasteiger partial charge in [-0.3, -0.25) is 4.79 Å². The highest BCUT2D eigenvalue weighted by Gasteiger charge is 2.39. The third-order valence-electron chi connectivity index (χ3n) is 3.61. The van der Waals surface area contributed by atoms with E-state index in [-0.39, 0.29) is 17.9 Å². The molecule has 3 unspecified atom stereocenters. The summed E-state index contributed by atoms with van der Waals surface area (Å²) in [5.41, 5.74) is 0.911. The fraction of sp³-hybridized carbons (Fsp3) is 0.500. The Morgan fingerprint density at radius 2 is 1.84 bits per heavy atom. The molecular weight excluding hydrogens is 262 g/mol. The number of amides is 1. The number of carbonyl (C=O) groups excluding carboxylic acids is 1. The molecule has 2 rings (SSSR count). The first kappa shape index (κ1) is 14.1. The lowest BCUT2D eigenvalue weighted by Crippen LogP contribution is -2.28. The summed E-state index contributed by atoms with van der Waals surface area (Å²) in [5, 5.41) is 2.96. The van der Waals surface area contributed by atoms with Crippen LogP contribution in [0.2, 0.25) is 0 Å². The average molecular weight is 281 g/mol. The van der Waals surface area contributed by atoms with Gasteiger partial charge < -0.3 is 5.32 Å². The Labute approximate surface area is 114 Å². The summed E-state index contributed by atoms with van der Waals surface area (Å²) in [6.07, 6.45) is 2.15. The van der Waals surface area contributed by atoms with Gasteiger partial charge in [-0.25, -0.2) is 8.42 Å². The zero-order chi connectivity index (χ0) is 14.2. The van der Waals surface area contributed by atoms with E-state index in [1.165, 1.54) is 6.26 Å². The van der Waals surface area contributed by atoms with E-state index in [0.717, 1.165) is 12.0 Å². The molecule has 0 heterocycles. The number of rotatable bonds is 4. The number of benzene rings is 1. The lowest BCUT2D eigenvalue weighted by molar-refractivity contribution is -0.123. The van der Waals surface area contributed by atoms with Gasteiger partial charge in [-0.1, -0.05) is 19.1 Å². The highest BCUT2D eigenvalue weighted by Crippen LogP contribution is 2.38. The maximum atomic E-state index is 11.8. The Balaban J connectivity index is 2.03. The summed E-state index contributed by atoms with van der Waals surface area (Å²) < 4.78 is 22.7. The Morgan fingerprint density at radius 3 is 2.26 bits per heavy atom. The van der Waals surface area contributed by atoms with Crippen molar-refractivity contribution in [3.05, 3.63) is 29.8 Å². The second-order valence-corrected chi connectivity index (χ2v) is 7.41. The molecule has 0 aromatic heterocycles. The topological polar surface area (TPSA) is 63.2 Å². The predicted molar refractivity (Wildman–Crippen MR) is 73.4 cm³/mol. The summed E-state index contributed by atoms with van der Waals surface area (Å²) >= 11 is 0. The summed E-state index contributed by atoms with van der Waals surface area (Å²) in [6.45, 7) is 3.97. The molecule has 1 aliphatic rings. The quantitative estimate of drug-likeness (QED) is 0.917. The van der Waals surface area contributed by atoms with Gasteiger partial charge in [0, 0.05) is 12.2 Å². The number of nitrogens with one attached hydrogen (secondary N) is 1. The van der Waals surface area contributed by atoms with E-state index in [1.807, 2.05) is 6.92 Å². The molecule has 4 nitrogen and oxygen atoms in total. The number of hydrogen-bond acceptors (Lipinski definition) is 3. The standard InChI is InChI=1S/C14H19NO3S/c1-9-8-13(9)14(16)15-10(2)11-4-6-12(7-5-11)19(3,17)18/h4-7,9-10,13H,8H2,1-3H3,(H,15,16). The van der Waals surface area contributed by atoms with Crippen LogP contribution in [0.5, 0.6) is 0 Å². The normalized spacial score (nSPS) is 23.7. The predicted octanol–water partition coefficient (Wildman–Crippen LogP) is 1.92. The Bertz CT molecular complexity index is 577. The van der Waals surface area contributed by atoms with Crippen molar-refractivity contribution in [3.63, 3.8) is 0 Å². The van der Waals surface area contributed by atoms with Crippen LogP contribution < -0.4 is 5.32 Å².